The van der Waals surface area contributed by atoms with Crippen LogP contribution in [0.25, 0.3) is 0 Å². The van der Waals surface area contributed by atoms with E-state index in [1.165, 1.54) is 30.4 Å². The highest BCUT2D eigenvalue weighted by atomic mass is 15.0. The van der Waals surface area contributed by atoms with Crippen LogP contribution < -0.4 is 5.32 Å². The molecule has 1 aromatic carbocycles. The van der Waals surface area contributed by atoms with Gasteiger partial charge in [-0.3, -0.25) is 0 Å². The molecule has 1 heteroatoms. The third kappa shape index (κ3) is 2.20. The summed E-state index contributed by atoms with van der Waals surface area (Å²) in [6.45, 7) is 5.64. The van der Waals surface area contributed by atoms with Crippen molar-refractivity contribution in [2.24, 2.45) is 29.6 Å². The fourth-order valence-electron chi connectivity index (χ4n) is 5.10. The van der Waals surface area contributed by atoms with Crippen molar-refractivity contribution in [1.29, 1.82) is 0 Å². The summed E-state index contributed by atoms with van der Waals surface area (Å²) in [5.41, 5.74) is 2.93. The van der Waals surface area contributed by atoms with E-state index < -0.39 is 0 Å². The van der Waals surface area contributed by atoms with Gasteiger partial charge in [0.25, 0.3) is 0 Å². The summed E-state index contributed by atoms with van der Waals surface area (Å²) in [7, 11) is 0. The zero-order valence-corrected chi connectivity index (χ0v) is 12.8. The summed E-state index contributed by atoms with van der Waals surface area (Å²) in [5, 5.41) is 3.84. The smallest absolute Gasteiger partial charge is 0.0208 e. The molecule has 4 unspecified atom stereocenters. The average Bonchev–Trinajstić information content (AvgIpc) is 2.81. The van der Waals surface area contributed by atoms with Crippen molar-refractivity contribution in [2.75, 3.05) is 0 Å². The topological polar surface area (TPSA) is 12.0 Å². The highest BCUT2D eigenvalue weighted by molar-refractivity contribution is 5.24. The average molecular weight is 269 g/mol. The lowest BCUT2D eigenvalue weighted by atomic mass is 10.0. The van der Waals surface area contributed by atoms with Crippen LogP contribution in [0.1, 0.15) is 44.2 Å². The first kappa shape index (κ1) is 12.9. The van der Waals surface area contributed by atoms with Gasteiger partial charge in [0.05, 0.1) is 0 Å². The van der Waals surface area contributed by atoms with E-state index in [9.17, 15) is 0 Å². The molecule has 3 fully saturated rings. The van der Waals surface area contributed by atoms with Crippen molar-refractivity contribution >= 4 is 0 Å². The maximum atomic E-state index is 3.84. The SMILES string of the molecule is CC(C)Cc1ccc(CNC2C3C4CCC(C4)C23)cc1. The normalized spacial score (nSPS) is 37.5. The highest BCUT2D eigenvalue weighted by Gasteiger charge is 2.64. The summed E-state index contributed by atoms with van der Waals surface area (Å²) in [5.74, 6) is 5.01. The van der Waals surface area contributed by atoms with Gasteiger partial charge in [0.2, 0.25) is 0 Å². The Labute approximate surface area is 123 Å². The first-order valence-corrected chi connectivity index (χ1v) is 8.53. The largest absolute Gasteiger partial charge is 0.309 e. The Kier molecular flexibility index (Phi) is 3.14. The quantitative estimate of drug-likeness (QED) is 0.851. The Balaban J connectivity index is 1.30. The predicted molar refractivity (Wildman–Crippen MR) is 83.4 cm³/mol. The van der Waals surface area contributed by atoms with Gasteiger partial charge in [0.15, 0.2) is 0 Å². The number of hydrogen-bond donors (Lipinski definition) is 1. The third-order valence-electron chi connectivity index (χ3n) is 5.94. The molecule has 0 aromatic heterocycles. The highest BCUT2D eigenvalue weighted by Crippen LogP contribution is 2.65. The zero-order chi connectivity index (χ0) is 13.7. The van der Waals surface area contributed by atoms with E-state index in [0.29, 0.717) is 0 Å². The van der Waals surface area contributed by atoms with E-state index in [2.05, 4.69) is 43.4 Å². The Bertz CT molecular complexity index is 459. The van der Waals surface area contributed by atoms with E-state index in [1.54, 1.807) is 6.42 Å². The van der Waals surface area contributed by atoms with Crippen LogP contribution in [0.4, 0.5) is 0 Å². The molecule has 1 nitrogen and oxygen atoms in total. The van der Waals surface area contributed by atoms with Gasteiger partial charge in [0.1, 0.15) is 0 Å². The minimum Gasteiger partial charge on any atom is -0.309 e. The lowest BCUT2D eigenvalue weighted by Crippen LogP contribution is -2.22. The molecule has 0 spiro atoms. The number of hydrogen-bond acceptors (Lipinski definition) is 1. The van der Waals surface area contributed by atoms with E-state index in [-0.39, 0.29) is 0 Å². The van der Waals surface area contributed by atoms with Gasteiger partial charge in [-0.2, -0.15) is 0 Å². The van der Waals surface area contributed by atoms with Crippen molar-refractivity contribution in [2.45, 2.75) is 52.1 Å². The van der Waals surface area contributed by atoms with E-state index in [0.717, 1.165) is 42.2 Å². The second-order valence-electron chi connectivity index (χ2n) is 7.81. The molecule has 4 atom stereocenters. The molecule has 0 amide bonds. The van der Waals surface area contributed by atoms with Gasteiger partial charge in [-0.25, -0.2) is 0 Å². The van der Waals surface area contributed by atoms with Crippen LogP contribution >= 0.6 is 0 Å². The van der Waals surface area contributed by atoms with Crippen molar-refractivity contribution < 1.29 is 0 Å². The molecular formula is C19H27N. The van der Waals surface area contributed by atoms with Gasteiger partial charge in [-0.1, -0.05) is 38.1 Å². The fourth-order valence-corrected chi connectivity index (χ4v) is 5.10. The molecule has 0 heterocycles. The van der Waals surface area contributed by atoms with Gasteiger partial charge < -0.3 is 5.32 Å². The summed E-state index contributed by atoms with van der Waals surface area (Å²) in [6, 6.07) is 10.1. The standard InChI is InChI=1S/C19H27N/c1-12(2)9-13-3-5-14(6-4-13)11-20-19-17-15-7-8-16(10-15)18(17)19/h3-6,12,15-20H,7-11H2,1-2H3. The lowest BCUT2D eigenvalue weighted by molar-refractivity contribution is 0.456. The molecule has 20 heavy (non-hydrogen) atoms. The monoisotopic (exact) mass is 269 g/mol. The van der Waals surface area contributed by atoms with Crippen LogP contribution in [0.15, 0.2) is 24.3 Å². The number of nitrogens with one attached hydrogen (secondary N) is 1. The molecule has 3 aliphatic carbocycles. The number of rotatable bonds is 5. The number of benzene rings is 1. The van der Waals surface area contributed by atoms with E-state index in [1.807, 2.05) is 0 Å². The summed E-state index contributed by atoms with van der Waals surface area (Å²) in [6.07, 6.45) is 5.79. The molecule has 0 radical (unpaired) electrons. The number of fused-ring (bicyclic) bond motifs is 5. The van der Waals surface area contributed by atoms with Crippen LogP contribution in [0, 0.1) is 29.6 Å². The van der Waals surface area contributed by atoms with Gasteiger partial charge in [-0.15, -0.1) is 0 Å². The second kappa shape index (κ2) is 4.87. The summed E-state index contributed by atoms with van der Waals surface area (Å²) in [4.78, 5) is 0. The molecule has 2 bridgehead atoms. The lowest BCUT2D eigenvalue weighted by Gasteiger charge is -2.11. The zero-order valence-electron chi connectivity index (χ0n) is 12.8. The minimum absolute atomic E-state index is 0.750. The van der Waals surface area contributed by atoms with Crippen molar-refractivity contribution in [3.63, 3.8) is 0 Å². The minimum atomic E-state index is 0.750. The van der Waals surface area contributed by atoms with Gasteiger partial charge in [0, 0.05) is 12.6 Å². The molecule has 3 saturated carbocycles. The predicted octanol–water partition coefficient (Wildman–Crippen LogP) is 4.02. The molecule has 3 aliphatic rings. The summed E-state index contributed by atoms with van der Waals surface area (Å²) < 4.78 is 0. The van der Waals surface area contributed by atoms with Crippen molar-refractivity contribution in [1.82, 2.24) is 5.32 Å². The molecule has 1 N–H and O–H groups in total. The Morgan fingerprint density at radius 1 is 1.00 bits per heavy atom. The molecule has 1 aromatic rings. The maximum absolute atomic E-state index is 3.84. The first-order chi connectivity index (χ1) is 9.72. The van der Waals surface area contributed by atoms with Crippen LogP contribution in [0.5, 0.6) is 0 Å². The summed E-state index contributed by atoms with van der Waals surface area (Å²) >= 11 is 0. The molecule has 4 rings (SSSR count). The third-order valence-corrected chi connectivity index (χ3v) is 5.94. The van der Waals surface area contributed by atoms with Crippen molar-refractivity contribution in [3.05, 3.63) is 35.4 Å². The maximum Gasteiger partial charge on any atom is 0.0208 e. The molecule has 108 valence electrons. The Hall–Kier alpha value is -0.820. The fraction of sp³-hybridized carbons (Fsp3) is 0.684. The Morgan fingerprint density at radius 2 is 1.60 bits per heavy atom. The van der Waals surface area contributed by atoms with Gasteiger partial charge in [-0.05, 0) is 66.4 Å². The first-order valence-electron chi connectivity index (χ1n) is 8.53. The second-order valence-corrected chi connectivity index (χ2v) is 7.81. The van der Waals surface area contributed by atoms with Crippen molar-refractivity contribution in [3.8, 4) is 0 Å². The van der Waals surface area contributed by atoms with E-state index >= 15 is 0 Å². The Morgan fingerprint density at radius 3 is 2.20 bits per heavy atom. The molecule has 0 saturated heterocycles. The van der Waals surface area contributed by atoms with Crippen LogP contribution in [-0.2, 0) is 13.0 Å². The van der Waals surface area contributed by atoms with Crippen LogP contribution in [0.3, 0.4) is 0 Å². The van der Waals surface area contributed by atoms with E-state index in [4.69, 9.17) is 0 Å². The van der Waals surface area contributed by atoms with Gasteiger partial charge >= 0.3 is 0 Å². The molecule has 0 aliphatic heterocycles. The van der Waals surface area contributed by atoms with Crippen LogP contribution in [-0.4, -0.2) is 6.04 Å². The molecular weight excluding hydrogens is 242 g/mol. The van der Waals surface area contributed by atoms with Crippen LogP contribution in [0.2, 0.25) is 0 Å².